The fourth-order valence-electron chi connectivity index (χ4n) is 1.68. The molecule has 1 N–H and O–H groups in total. The van der Waals surface area contributed by atoms with Crippen LogP contribution in [-0.4, -0.2) is 21.9 Å². The third-order valence-corrected chi connectivity index (χ3v) is 3.48. The van der Waals surface area contributed by atoms with Gasteiger partial charge in [0.25, 0.3) is 0 Å². The normalized spacial score (nSPS) is 10.8. The number of benzene rings is 1. The molecule has 3 aromatic rings. The maximum absolute atomic E-state index is 5.20. The maximum Gasteiger partial charge on any atom is 0.189 e. The van der Waals surface area contributed by atoms with Crippen LogP contribution in [0.5, 0.6) is 5.75 Å². The molecule has 18 heavy (non-hydrogen) atoms. The summed E-state index contributed by atoms with van der Waals surface area (Å²) in [7, 11) is 3.55. The highest BCUT2D eigenvalue weighted by Gasteiger charge is 2.06. The minimum atomic E-state index is 0.795. The Bertz CT molecular complexity index is 688. The summed E-state index contributed by atoms with van der Waals surface area (Å²) in [6.07, 6.45) is 1.89. The van der Waals surface area contributed by atoms with Crippen LogP contribution >= 0.6 is 11.3 Å². The molecule has 0 fully saturated rings. The molecular formula is C12H12N4OS. The van der Waals surface area contributed by atoms with Crippen LogP contribution in [-0.2, 0) is 7.05 Å². The smallest absolute Gasteiger partial charge is 0.189 e. The summed E-state index contributed by atoms with van der Waals surface area (Å²) in [5.41, 5.74) is 0.958. The number of hydrogen-bond donors (Lipinski definition) is 1. The van der Waals surface area contributed by atoms with Crippen molar-refractivity contribution >= 4 is 32.5 Å². The van der Waals surface area contributed by atoms with E-state index < -0.39 is 0 Å². The monoisotopic (exact) mass is 260 g/mol. The largest absolute Gasteiger partial charge is 0.497 e. The molecule has 1 aromatic carbocycles. The zero-order valence-electron chi connectivity index (χ0n) is 10.0. The first-order valence-electron chi connectivity index (χ1n) is 5.46. The molecule has 0 unspecified atom stereocenters. The Morgan fingerprint density at radius 1 is 1.33 bits per heavy atom. The van der Waals surface area contributed by atoms with Gasteiger partial charge in [-0.25, -0.2) is 4.98 Å². The van der Waals surface area contributed by atoms with E-state index in [1.807, 2.05) is 37.5 Å². The first-order valence-corrected chi connectivity index (χ1v) is 6.27. The molecule has 2 aromatic heterocycles. The van der Waals surface area contributed by atoms with Crippen LogP contribution in [0.4, 0.5) is 10.9 Å². The molecule has 6 heteroatoms. The molecule has 92 valence electrons. The SMILES string of the molecule is COc1ccc2nc(Nc3ccn(C)n3)sc2c1. The zero-order valence-corrected chi connectivity index (χ0v) is 10.9. The Morgan fingerprint density at radius 2 is 2.22 bits per heavy atom. The van der Waals surface area contributed by atoms with Gasteiger partial charge in [0.15, 0.2) is 10.9 Å². The first kappa shape index (κ1) is 11.0. The average Bonchev–Trinajstić information content (AvgIpc) is 2.94. The predicted molar refractivity (Wildman–Crippen MR) is 72.7 cm³/mol. The number of nitrogens with one attached hydrogen (secondary N) is 1. The lowest BCUT2D eigenvalue weighted by atomic mass is 10.3. The second-order valence-corrected chi connectivity index (χ2v) is 4.88. The van der Waals surface area contributed by atoms with Crippen molar-refractivity contribution < 1.29 is 4.74 Å². The topological polar surface area (TPSA) is 52.0 Å². The molecule has 5 nitrogen and oxygen atoms in total. The van der Waals surface area contributed by atoms with E-state index in [0.717, 1.165) is 26.9 Å². The second kappa shape index (κ2) is 4.30. The van der Waals surface area contributed by atoms with E-state index in [9.17, 15) is 0 Å². The van der Waals surface area contributed by atoms with Crippen molar-refractivity contribution in [3.05, 3.63) is 30.5 Å². The van der Waals surface area contributed by atoms with Gasteiger partial charge in [-0.3, -0.25) is 4.68 Å². The zero-order chi connectivity index (χ0) is 12.5. The lowest BCUT2D eigenvalue weighted by Gasteiger charge is -1.96. The van der Waals surface area contributed by atoms with Crippen LogP contribution in [0.1, 0.15) is 0 Å². The van der Waals surface area contributed by atoms with Crippen LogP contribution in [0.2, 0.25) is 0 Å². The van der Waals surface area contributed by atoms with Crippen molar-refractivity contribution in [2.75, 3.05) is 12.4 Å². The molecule has 0 saturated carbocycles. The van der Waals surface area contributed by atoms with Crippen molar-refractivity contribution in [2.45, 2.75) is 0 Å². The van der Waals surface area contributed by atoms with Gasteiger partial charge in [0.2, 0.25) is 0 Å². The van der Waals surface area contributed by atoms with Gasteiger partial charge in [0, 0.05) is 19.3 Å². The van der Waals surface area contributed by atoms with Crippen molar-refractivity contribution in [3.8, 4) is 5.75 Å². The Kier molecular flexibility index (Phi) is 2.64. The molecular weight excluding hydrogens is 248 g/mol. The highest BCUT2D eigenvalue weighted by Crippen LogP contribution is 2.30. The van der Waals surface area contributed by atoms with E-state index in [0.29, 0.717) is 0 Å². The Morgan fingerprint density at radius 3 is 2.94 bits per heavy atom. The van der Waals surface area contributed by atoms with Gasteiger partial charge in [0.1, 0.15) is 5.75 Å². The molecule has 0 spiro atoms. The van der Waals surface area contributed by atoms with Crippen LogP contribution in [0, 0.1) is 0 Å². The molecule has 0 aliphatic heterocycles. The third-order valence-electron chi connectivity index (χ3n) is 2.54. The Balaban J connectivity index is 1.93. The van der Waals surface area contributed by atoms with E-state index in [2.05, 4.69) is 15.4 Å². The van der Waals surface area contributed by atoms with E-state index in [4.69, 9.17) is 4.74 Å². The van der Waals surface area contributed by atoms with Crippen LogP contribution in [0.25, 0.3) is 10.2 Å². The summed E-state index contributed by atoms with van der Waals surface area (Å²) in [5, 5.41) is 8.27. The lowest BCUT2D eigenvalue weighted by Crippen LogP contribution is -1.92. The van der Waals surface area contributed by atoms with Crippen molar-refractivity contribution in [3.63, 3.8) is 0 Å². The summed E-state index contributed by atoms with van der Waals surface area (Å²) < 4.78 is 8.04. The number of hydrogen-bond acceptors (Lipinski definition) is 5. The van der Waals surface area contributed by atoms with Gasteiger partial charge in [0.05, 0.1) is 17.3 Å². The first-order chi connectivity index (χ1) is 8.74. The number of nitrogens with zero attached hydrogens (tertiary/aromatic N) is 3. The van der Waals surface area contributed by atoms with Crippen molar-refractivity contribution in [1.82, 2.24) is 14.8 Å². The van der Waals surface area contributed by atoms with Gasteiger partial charge < -0.3 is 10.1 Å². The highest BCUT2D eigenvalue weighted by molar-refractivity contribution is 7.22. The molecule has 0 aliphatic rings. The molecule has 0 saturated heterocycles. The third kappa shape index (κ3) is 2.02. The Labute approximate surface area is 108 Å². The quantitative estimate of drug-likeness (QED) is 0.786. The summed E-state index contributed by atoms with van der Waals surface area (Å²) in [5.74, 6) is 1.64. The van der Waals surface area contributed by atoms with Gasteiger partial charge in [-0.2, -0.15) is 5.10 Å². The summed E-state index contributed by atoms with van der Waals surface area (Å²) in [4.78, 5) is 4.50. The molecule has 3 rings (SSSR count). The average molecular weight is 260 g/mol. The fraction of sp³-hybridized carbons (Fsp3) is 0.167. The van der Waals surface area contributed by atoms with Gasteiger partial charge in [-0.15, -0.1) is 0 Å². The summed E-state index contributed by atoms with van der Waals surface area (Å²) in [6.45, 7) is 0. The second-order valence-electron chi connectivity index (χ2n) is 3.85. The molecule has 0 aliphatic carbocycles. The van der Waals surface area contributed by atoms with Crippen LogP contribution in [0.3, 0.4) is 0 Å². The van der Waals surface area contributed by atoms with Crippen molar-refractivity contribution in [2.24, 2.45) is 7.05 Å². The standard InChI is InChI=1S/C12H12N4OS/c1-16-6-5-11(15-16)14-12-13-9-4-3-8(17-2)7-10(9)18-12/h3-7H,1-2H3,(H,13,14,15). The van der Waals surface area contributed by atoms with E-state index in [1.165, 1.54) is 0 Å². The number of methoxy groups -OCH3 is 1. The summed E-state index contributed by atoms with van der Waals surface area (Å²) >= 11 is 1.58. The molecule has 0 atom stereocenters. The number of aromatic nitrogens is 3. The van der Waals surface area contributed by atoms with E-state index in [1.54, 1.807) is 23.1 Å². The number of rotatable bonds is 3. The van der Waals surface area contributed by atoms with E-state index in [-0.39, 0.29) is 0 Å². The number of aryl methyl sites for hydroxylation is 1. The predicted octanol–water partition coefficient (Wildman–Crippen LogP) is 2.78. The number of fused-ring (bicyclic) bond motifs is 1. The minimum Gasteiger partial charge on any atom is -0.497 e. The van der Waals surface area contributed by atoms with Gasteiger partial charge in [-0.05, 0) is 18.2 Å². The number of ether oxygens (including phenoxy) is 1. The molecule has 2 heterocycles. The lowest BCUT2D eigenvalue weighted by molar-refractivity contribution is 0.415. The Hall–Kier alpha value is -2.08. The fourth-order valence-corrected chi connectivity index (χ4v) is 2.58. The van der Waals surface area contributed by atoms with Crippen LogP contribution < -0.4 is 10.1 Å². The molecule has 0 radical (unpaired) electrons. The van der Waals surface area contributed by atoms with Gasteiger partial charge >= 0.3 is 0 Å². The minimum absolute atomic E-state index is 0.795. The highest BCUT2D eigenvalue weighted by atomic mass is 32.1. The molecule has 0 bridgehead atoms. The summed E-state index contributed by atoms with van der Waals surface area (Å²) in [6, 6.07) is 7.75. The number of anilines is 2. The molecule has 0 amide bonds. The van der Waals surface area contributed by atoms with Crippen LogP contribution in [0.15, 0.2) is 30.5 Å². The number of thiazole rings is 1. The van der Waals surface area contributed by atoms with Gasteiger partial charge in [-0.1, -0.05) is 11.3 Å². The van der Waals surface area contributed by atoms with Crippen molar-refractivity contribution in [1.29, 1.82) is 0 Å². The maximum atomic E-state index is 5.20. The van der Waals surface area contributed by atoms with E-state index >= 15 is 0 Å².